The lowest BCUT2D eigenvalue weighted by Crippen LogP contribution is -2.42. The Hall–Kier alpha value is -1.65. The first-order valence-electron chi connectivity index (χ1n) is 5.36. The summed E-state index contributed by atoms with van der Waals surface area (Å²) in [6.07, 6.45) is 0.812. The van der Waals surface area contributed by atoms with Crippen molar-refractivity contribution in [1.29, 1.82) is 0 Å². The smallest absolute Gasteiger partial charge is 0.336 e. The number of aliphatic carboxylic acids is 1. The summed E-state index contributed by atoms with van der Waals surface area (Å²) in [7, 11) is 0. The lowest BCUT2D eigenvalue weighted by atomic mass is 9.81. The number of carbonyl (C=O) groups is 2. The number of carboxylic acid groups (broad SMARTS) is 1. The Morgan fingerprint density at radius 1 is 1.28 bits per heavy atom. The Morgan fingerprint density at radius 3 is 2.56 bits per heavy atom. The monoisotopic (exact) mass is 266 g/mol. The topological polar surface area (TPSA) is 74.6 Å². The molecule has 0 saturated carbocycles. The van der Waals surface area contributed by atoms with E-state index >= 15 is 0 Å². The highest BCUT2D eigenvalue weighted by Crippen LogP contribution is 2.35. The van der Waals surface area contributed by atoms with Gasteiger partial charge in [0.05, 0.1) is 6.42 Å². The maximum Gasteiger partial charge on any atom is 0.336 e. The third-order valence-corrected chi connectivity index (χ3v) is 3.23. The van der Waals surface area contributed by atoms with Crippen LogP contribution in [0.1, 0.15) is 18.4 Å². The maximum atomic E-state index is 11.5. The number of hydrogen-bond acceptors (Lipinski definition) is 3. The van der Waals surface area contributed by atoms with Gasteiger partial charge >= 0.3 is 5.97 Å². The highest BCUT2D eigenvalue weighted by molar-refractivity contribution is 6.32. The van der Waals surface area contributed by atoms with E-state index in [0.717, 1.165) is 0 Å². The lowest BCUT2D eigenvalue weighted by molar-refractivity contribution is -0.160. The zero-order chi connectivity index (χ0) is 13.3. The number of carbonyl (C=O) groups excluding carboxylic acids is 1. The van der Waals surface area contributed by atoms with Crippen molar-refractivity contribution in [3.05, 3.63) is 40.9 Å². The summed E-state index contributed by atoms with van der Waals surface area (Å²) in [6, 6.07) is 6.81. The van der Waals surface area contributed by atoms with Crippen molar-refractivity contribution in [1.82, 2.24) is 0 Å². The summed E-state index contributed by atoms with van der Waals surface area (Å²) in [4.78, 5) is 22.6. The number of allylic oxidation sites excluding steroid dienone is 1. The molecule has 5 heteroatoms. The Morgan fingerprint density at radius 2 is 1.94 bits per heavy atom. The molecule has 1 unspecified atom stereocenters. The molecular formula is C13H11ClO4. The van der Waals surface area contributed by atoms with Gasteiger partial charge in [0.25, 0.3) is 0 Å². The number of hydrogen-bond donors (Lipinski definition) is 2. The summed E-state index contributed by atoms with van der Waals surface area (Å²) in [5.41, 5.74) is -1.02. The van der Waals surface area contributed by atoms with Gasteiger partial charge in [-0.15, -0.1) is 0 Å². The molecule has 1 aliphatic rings. The minimum absolute atomic E-state index is 0.127. The third-order valence-electron chi connectivity index (χ3n) is 2.90. The van der Waals surface area contributed by atoms with Gasteiger partial charge in [-0.1, -0.05) is 29.8 Å². The van der Waals surface area contributed by atoms with Crippen LogP contribution in [-0.4, -0.2) is 27.6 Å². The van der Waals surface area contributed by atoms with Gasteiger partial charge in [0.15, 0.2) is 11.4 Å². The molecule has 0 bridgehead atoms. The van der Waals surface area contributed by atoms with Crippen molar-refractivity contribution in [2.75, 3.05) is 0 Å². The summed E-state index contributed by atoms with van der Waals surface area (Å²) < 4.78 is 0. The third kappa shape index (κ3) is 2.30. The molecule has 1 atom stereocenters. The minimum atomic E-state index is -2.04. The predicted molar refractivity (Wildman–Crippen MR) is 66.3 cm³/mol. The second-order valence-corrected chi connectivity index (χ2v) is 4.71. The average molecular weight is 267 g/mol. The van der Waals surface area contributed by atoms with E-state index in [4.69, 9.17) is 16.7 Å². The van der Waals surface area contributed by atoms with Gasteiger partial charge in [0.1, 0.15) is 0 Å². The molecule has 1 aliphatic carbocycles. The van der Waals surface area contributed by atoms with Crippen molar-refractivity contribution in [3.8, 4) is 0 Å². The SMILES string of the molecule is O=C1C=C(c2ccccc2Cl)CC(O)(C(=O)O)C1. The van der Waals surface area contributed by atoms with Gasteiger partial charge in [-0.05, 0) is 23.3 Å². The molecule has 4 nitrogen and oxygen atoms in total. The molecule has 0 saturated heterocycles. The van der Waals surface area contributed by atoms with E-state index in [9.17, 15) is 14.7 Å². The van der Waals surface area contributed by atoms with E-state index in [1.54, 1.807) is 24.3 Å². The lowest BCUT2D eigenvalue weighted by Gasteiger charge is -2.27. The molecule has 2 rings (SSSR count). The molecule has 0 aliphatic heterocycles. The van der Waals surface area contributed by atoms with Crippen LogP contribution in [0.3, 0.4) is 0 Å². The highest BCUT2D eigenvalue weighted by atomic mass is 35.5. The highest BCUT2D eigenvalue weighted by Gasteiger charge is 2.41. The second-order valence-electron chi connectivity index (χ2n) is 4.31. The van der Waals surface area contributed by atoms with Crippen LogP contribution in [0.15, 0.2) is 30.3 Å². The van der Waals surface area contributed by atoms with Gasteiger partial charge in [-0.25, -0.2) is 4.79 Å². The molecule has 94 valence electrons. The molecular weight excluding hydrogens is 256 g/mol. The van der Waals surface area contributed by atoms with E-state index in [0.29, 0.717) is 16.2 Å². The normalized spacial score (nSPS) is 23.7. The first kappa shape index (κ1) is 12.8. The largest absolute Gasteiger partial charge is 0.479 e. The van der Waals surface area contributed by atoms with Crippen LogP contribution in [0.2, 0.25) is 5.02 Å². The first-order valence-corrected chi connectivity index (χ1v) is 5.74. The van der Waals surface area contributed by atoms with Crippen LogP contribution < -0.4 is 0 Å². The van der Waals surface area contributed by atoms with Gasteiger partial charge in [-0.3, -0.25) is 4.79 Å². The number of benzene rings is 1. The van der Waals surface area contributed by atoms with Crippen LogP contribution in [0.4, 0.5) is 0 Å². The second kappa shape index (κ2) is 4.55. The molecule has 0 amide bonds. The zero-order valence-electron chi connectivity index (χ0n) is 9.39. The van der Waals surface area contributed by atoms with Crippen molar-refractivity contribution in [2.24, 2.45) is 0 Å². The Bertz CT molecular complexity index is 550. The van der Waals surface area contributed by atoms with E-state index in [2.05, 4.69) is 0 Å². The summed E-state index contributed by atoms with van der Waals surface area (Å²) in [5, 5.41) is 19.3. The van der Waals surface area contributed by atoms with Crippen molar-refractivity contribution < 1.29 is 19.8 Å². The molecule has 0 spiro atoms. The fraction of sp³-hybridized carbons (Fsp3) is 0.231. The number of ketones is 1. The molecule has 0 heterocycles. The Labute approximate surface area is 109 Å². The maximum absolute atomic E-state index is 11.5. The fourth-order valence-electron chi connectivity index (χ4n) is 2.01. The zero-order valence-corrected chi connectivity index (χ0v) is 10.1. The number of halogens is 1. The van der Waals surface area contributed by atoms with Crippen LogP contribution in [0.5, 0.6) is 0 Å². The average Bonchev–Trinajstić information content (AvgIpc) is 2.28. The number of aliphatic hydroxyl groups is 1. The van der Waals surface area contributed by atoms with Crippen molar-refractivity contribution in [3.63, 3.8) is 0 Å². The molecule has 0 aromatic heterocycles. The molecule has 0 radical (unpaired) electrons. The summed E-state index contributed by atoms with van der Waals surface area (Å²) in [5.74, 6) is -1.81. The van der Waals surface area contributed by atoms with Gasteiger partial charge in [-0.2, -0.15) is 0 Å². The van der Waals surface area contributed by atoms with E-state index < -0.39 is 23.8 Å². The molecule has 1 aromatic rings. The molecule has 2 N–H and O–H groups in total. The molecule has 1 aromatic carbocycles. The van der Waals surface area contributed by atoms with Gasteiger partial charge < -0.3 is 10.2 Å². The molecule has 18 heavy (non-hydrogen) atoms. The van der Waals surface area contributed by atoms with Crippen molar-refractivity contribution in [2.45, 2.75) is 18.4 Å². The van der Waals surface area contributed by atoms with Crippen LogP contribution in [0, 0.1) is 0 Å². The number of rotatable bonds is 2. The Balaban J connectivity index is 2.44. The fourth-order valence-corrected chi connectivity index (χ4v) is 2.27. The predicted octanol–water partition coefficient (Wildman–Crippen LogP) is 1.90. The summed E-state index contributed by atoms with van der Waals surface area (Å²) in [6.45, 7) is 0. The minimum Gasteiger partial charge on any atom is -0.479 e. The van der Waals surface area contributed by atoms with Gasteiger partial charge in [0.2, 0.25) is 0 Å². The van der Waals surface area contributed by atoms with Crippen LogP contribution in [0.25, 0.3) is 5.57 Å². The van der Waals surface area contributed by atoms with Crippen LogP contribution >= 0.6 is 11.6 Å². The first-order chi connectivity index (χ1) is 8.42. The standard InChI is InChI=1S/C13H11ClO4/c14-11-4-2-1-3-10(11)8-5-9(15)7-13(18,6-8)12(16)17/h1-5,18H,6-7H2,(H,16,17). The Kier molecular flexibility index (Phi) is 3.24. The van der Waals surface area contributed by atoms with Crippen LogP contribution in [-0.2, 0) is 9.59 Å². The van der Waals surface area contributed by atoms with Crippen molar-refractivity contribution >= 4 is 28.9 Å². The van der Waals surface area contributed by atoms with Gasteiger partial charge in [0, 0.05) is 11.4 Å². The number of carboxylic acids is 1. The van der Waals surface area contributed by atoms with E-state index in [1.165, 1.54) is 6.08 Å². The quantitative estimate of drug-likeness (QED) is 0.857. The molecule has 0 fully saturated rings. The summed E-state index contributed by atoms with van der Waals surface area (Å²) >= 11 is 6.00. The van der Waals surface area contributed by atoms with E-state index in [-0.39, 0.29) is 6.42 Å². The van der Waals surface area contributed by atoms with E-state index in [1.807, 2.05) is 0 Å².